The first kappa shape index (κ1) is 23.7. The zero-order chi connectivity index (χ0) is 23.1. The first-order chi connectivity index (χ1) is 15.3. The monoisotopic (exact) mass is 460 g/mol. The van der Waals surface area contributed by atoms with Gasteiger partial charge in [0.2, 0.25) is 21.8 Å². The van der Waals surface area contributed by atoms with E-state index in [4.69, 9.17) is 4.74 Å². The van der Waals surface area contributed by atoms with Crippen molar-refractivity contribution < 1.29 is 22.7 Å². The Morgan fingerprint density at radius 3 is 2.44 bits per heavy atom. The number of carbonyl (C=O) groups excluding carboxylic acids is 2. The van der Waals surface area contributed by atoms with Gasteiger partial charge in [0.15, 0.2) is 0 Å². The van der Waals surface area contributed by atoms with Gasteiger partial charge in [-0.2, -0.15) is 4.31 Å². The number of methoxy groups -OCH3 is 1. The van der Waals surface area contributed by atoms with Gasteiger partial charge in [0.1, 0.15) is 11.8 Å². The fraction of sp³-hybridized carbons (Fsp3) is 0.409. The maximum atomic E-state index is 12.8. The summed E-state index contributed by atoms with van der Waals surface area (Å²) in [5, 5.41) is 5.48. The molecular formula is C22H28N4O5S. The van der Waals surface area contributed by atoms with E-state index in [0.717, 1.165) is 5.69 Å². The van der Waals surface area contributed by atoms with Gasteiger partial charge in [0.05, 0.1) is 24.2 Å². The van der Waals surface area contributed by atoms with Crippen molar-refractivity contribution in [2.75, 3.05) is 20.2 Å². The molecule has 1 fully saturated rings. The Bertz CT molecular complexity index is 1020. The van der Waals surface area contributed by atoms with Crippen LogP contribution in [0.4, 0.5) is 0 Å². The van der Waals surface area contributed by atoms with Gasteiger partial charge in [0, 0.05) is 25.2 Å². The maximum absolute atomic E-state index is 12.8. The number of carbonyl (C=O) groups is 2. The highest BCUT2D eigenvalue weighted by molar-refractivity contribution is 7.89. The summed E-state index contributed by atoms with van der Waals surface area (Å²) >= 11 is 0. The number of rotatable bonds is 8. The second-order valence-corrected chi connectivity index (χ2v) is 9.56. The highest BCUT2D eigenvalue weighted by atomic mass is 32.2. The van der Waals surface area contributed by atoms with Crippen molar-refractivity contribution in [3.63, 3.8) is 0 Å². The topological polar surface area (TPSA) is 118 Å². The van der Waals surface area contributed by atoms with E-state index in [0.29, 0.717) is 18.6 Å². The Kier molecular flexibility index (Phi) is 7.81. The lowest BCUT2D eigenvalue weighted by atomic mass is 9.97. The minimum atomic E-state index is -3.63. The predicted molar refractivity (Wildman–Crippen MR) is 118 cm³/mol. The molecule has 9 nitrogen and oxygen atoms in total. The molecule has 172 valence electrons. The number of piperidine rings is 1. The van der Waals surface area contributed by atoms with Crippen molar-refractivity contribution in [1.29, 1.82) is 0 Å². The average Bonchev–Trinajstić information content (AvgIpc) is 2.83. The summed E-state index contributed by atoms with van der Waals surface area (Å²) < 4.78 is 32.2. The number of sulfonamides is 1. The highest BCUT2D eigenvalue weighted by Gasteiger charge is 2.33. The van der Waals surface area contributed by atoms with Crippen molar-refractivity contribution in [2.45, 2.75) is 37.2 Å². The third-order valence-corrected chi connectivity index (χ3v) is 7.36. The molecule has 0 radical (unpaired) electrons. The summed E-state index contributed by atoms with van der Waals surface area (Å²) in [6, 6.07) is 11.0. The number of amides is 2. The molecule has 0 bridgehead atoms. The largest absolute Gasteiger partial charge is 0.497 e. The van der Waals surface area contributed by atoms with Crippen LogP contribution in [0.5, 0.6) is 5.75 Å². The third-order valence-electron chi connectivity index (χ3n) is 5.44. The molecule has 10 heteroatoms. The normalized spacial score (nSPS) is 16.2. The van der Waals surface area contributed by atoms with Crippen LogP contribution in [0.1, 0.15) is 25.5 Å². The number of aromatic nitrogens is 1. The molecule has 2 heterocycles. The van der Waals surface area contributed by atoms with Crippen LogP contribution < -0.4 is 15.4 Å². The smallest absolute Gasteiger partial charge is 0.243 e. The van der Waals surface area contributed by atoms with Crippen molar-refractivity contribution in [3.05, 3.63) is 54.4 Å². The van der Waals surface area contributed by atoms with Crippen LogP contribution in [0, 0.1) is 5.92 Å². The molecule has 2 N–H and O–H groups in total. The van der Waals surface area contributed by atoms with Crippen LogP contribution >= 0.6 is 0 Å². The van der Waals surface area contributed by atoms with E-state index >= 15 is 0 Å². The molecule has 32 heavy (non-hydrogen) atoms. The van der Waals surface area contributed by atoms with Crippen LogP contribution in [0.2, 0.25) is 0 Å². The van der Waals surface area contributed by atoms with Crippen molar-refractivity contribution in [1.82, 2.24) is 19.9 Å². The summed E-state index contributed by atoms with van der Waals surface area (Å²) in [7, 11) is -2.11. The minimum absolute atomic E-state index is 0.194. The maximum Gasteiger partial charge on any atom is 0.243 e. The van der Waals surface area contributed by atoms with E-state index in [1.165, 1.54) is 23.5 Å². The zero-order valence-corrected chi connectivity index (χ0v) is 19.0. The Balaban J connectivity index is 1.48. The molecule has 1 aromatic carbocycles. The van der Waals surface area contributed by atoms with Gasteiger partial charge < -0.3 is 15.4 Å². The number of hydrogen-bond acceptors (Lipinski definition) is 6. The lowest BCUT2D eigenvalue weighted by Gasteiger charge is -2.31. The van der Waals surface area contributed by atoms with Gasteiger partial charge >= 0.3 is 0 Å². The number of pyridine rings is 1. The van der Waals surface area contributed by atoms with Gasteiger partial charge in [-0.15, -0.1) is 0 Å². The number of hydrogen-bond donors (Lipinski definition) is 2. The zero-order valence-electron chi connectivity index (χ0n) is 18.2. The quantitative estimate of drug-likeness (QED) is 0.613. The summed E-state index contributed by atoms with van der Waals surface area (Å²) in [5.41, 5.74) is 0.727. The number of benzene rings is 1. The molecular weight excluding hydrogens is 432 g/mol. The fourth-order valence-corrected chi connectivity index (χ4v) is 4.96. The number of nitrogens with one attached hydrogen (secondary N) is 2. The first-order valence-electron chi connectivity index (χ1n) is 10.4. The van der Waals surface area contributed by atoms with Crippen LogP contribution in [-0.2, 0) is 26.2 Å². The molecule has 1 atom stereocenters. The molecule has 1 aliphatic rings. The second-order valence-electron chi connectivity index (χ2n) is 7.62. The standard InChI is InChI=1S/C22H28N4O5S/c1-16(21(27)24-15-18-5-3-4-12-23-18)25-22(28)17-10-13-26(14-11-17)32(29,30)20-8-6-19(31-2)7-9-20/h3-9,12,16-17H,10-11,13-15H2,1-2H3,(H,24,27)(H,25,28)/t16-/m0/s1. The Labute approximate surface area is 188 Å². The predicted octanol–water partition coefficient (Wildman–Crippen LogP) is 1.31. The lowest BCUT2D eigenvalue weighted by molar-refractivity contribution is -0.131. The van der Waals surface area contributed by atoms with Crippen molar-refractivity contribution >= 4 is 21.8 Å². The number of ether oxygens (including phenoxy) is 1. The van der Waals surface area contributed by atoms with Crippen LogP contribution in [0.3, 0.4) is 0 Å². The second kappa shape index (κ2) is 10.6. The Morgan fingerprint density at radius 2 is 1.84 bits per heavy atom. The highest BCUT2D eigenvalue weighted by Crippen LogP contribution is 2.25. The van der Waals surface area contributed by atoms with Crippen molar-refractivity contribution in [3.8, 4) is 5.75 Å². The van der Waals surface area contributed by atoms with Crippen molar-refractivity contribution in [2.24, 2.45) is 5.92 Å². The van der Waals surface area contributed by atoms with Gasteiger partial charge in [-0.05, 0) is 56.2 Å². The SMILES string of the molecule is COc1ccc(S(=O)(=O)N2CCC(C(=O)N[C@@H](C)C(=O)NCc3ccccn3)CC2)cc1. The summed E-state index contributed by atoms with van der Waals surface area (Å²) in [6.07, 6.45) is 2.43. The summed E-state index contributed by atoms with van der Waals surface area (Å²) in [5.74, 6) is -0.309. The lowest BCUT2D eigenvalue weighted by Crippen LogP contribution is -2.49. The van der Waals surface area contributed by atoms with Gasteiger partial charge in [-0.3, -0.25) is 14.6 Å². The van der Waals surface area contributed by atoms with E-state index < -0.39 is 16.1 Å². The molecule has 0 aliphatic carbocycles. The molecule has 1 aliphatic heterocycles. The molecule has 2 aromatic rings. The van der Waals surface area contributed by atoms with E-state index in [2.05, 4.69) is 15.6 Å². The number of nitrogens with zero attached hydrogens (tertiary/aromatic N) is 2. The van der Waals surface area contributed by atoms with Crippen LogP contribution in [-0.4, -0.2) is 55.8 Å². The van der Waals surface area contributed by atoms with Gasteiger partial charge in [-0.1, -0.05) is 6.07 Å². The molecule has 1 aromatic heterocycles. The van der Waals surface area contributed by atoms with E-state index in [9.17, 15) is 18.0 Å². The molecule has 0 saturated carbocycles. The van der Waals surface area contributed by atoms with Gasteiger partial charge in [-0.25, -0.2) is 8.42 Å². The molecule has 2 amide bonds. The molecule has 3 rings (SSSR count). The van der Waals surface area contributed by atoms with Crippen LogP contribution in [0.25, 0.3) is 0 Å². The first-order valence-corrected chi connectivity index (χ1v) is 11.9. The summed E-state index contributed by atoms with van der Waals surface area (Å²) in [6.45, 7) is 2.38. The van der Waals surface area contributed by atoms with E-state index in [1.807, 2.05) is 6.07 Å². The molecule has 0 spiro atoms. The Hall–Kier alpha value is -2.98. The third kappa shape index (κ3) is 5.83. The van der Waals surface area contributed by atoms with E-state index in [1.54, 1.807) is 37.4 Å². The van der Waals surface area contributed by atoms with Gasteiger partial charge in [0.25, 0.3) is 0 Å². The van der Waals surface area contributed by atoms with Crippen LogP contribution in [0.15, 0.2) is 53.6 Å². The Morgan fingerprint density at radius 1 is 1.16 bits per heavy atom. The molecule has 0 unspecified atom stereocenters. The fourth-order valence-electron chi connectivity index (χ4n) is 3.49. The molecule has 1 saturated heterocycles. The average molecular weight is 461 g/mol. The summed E-state index contributed by atoms with van der Waals surface area (Å²) in [4.78, 5) is 29.2. The minimum Gasteiger partial charge on any atom is -0.497 e. The van der Waals surface area contributed by atoms with E-state index in [-0.39, 0.29) is 42.3 Å².